The van der Waals surface area contributed by atoms with E-state index in [9.17, 15) is 0 Å². The summed E-state index contributed by atoms with van der Waals surface area (Å²) in [6.45, 7) is 4.84. The molecular weight excluding hydrogens is 286 g/mol. The van der Waals surface area contributed by atoms with Crippen molar-refractivity contribution >= 4 is 11.6 Å². The van der Waals surface area contributed by atoms with Gasteiger partial charge < -0.3 is 10.1 Å². The van der Waals surface area contributed by atoms with Gasteiger partial charge in [0, 0.05) is 25.2 Å². The number of hydrogen-bond donors (Lipinski definition) is 1. The van der Waals surface area contributed by atoms with E-state index in [2.05, 4.69) is 30.3 Å². The first-order chi connectivity index (χ1) is 10.1. The molecule has 114 valence electrons. The Balaban J connectivity index is 2.11. The topological polar surface area (TPSA) is 39.1 Å². The fraction of sp³-hybridized carbons (Fsp3) is 0.438. The second-order valence-electron chi connectivity index (χ2n) is 5.03. The van der Waals surface area contributed by atoms with E-state index in [4.69, 9.17) is 16.3 Å². The zero-order valence-electron chi connectivity index (χ0n) is 13.0. The van der Waals surface area contributed by atoms with Gasteiger partial charge in [0.1, 0.15) is 5.75 Å². The molecule has 1 aromatic carbocycles. The highest BCUT2D eigenvalue weighted by Gasteiger charge is 2.15. The third kappa shape index (κ3) is 3.39. The molecule has 1 N–H and O–H groups in total. The van der Waals surface area contributed by atoms with E-state index in [0.717, 1.165) is 34.1 Å². The molecule has 4 nitrogen and oxygen atoms in total. The SMILES string of the molecule is CCc1nn(C)c(CN[C@H](C)c2ccccc2OC)c1Cl. The van der Waals surface area contributed by atoms with Crippen molar-refractivity contribution in [2.75, 3.05) is 7.11 Å². The van der Waals surface area contributed by atoms with Crippen LogP contribution in [0.1, 0.15) is 36.8 Å². The molecule has 0 bridgehead atoms. The molecule has 0 aliphatic heterocycles. The lowest BCUT2D eigenvalue weighted by atomic mass is 10.1. The summed E-state index contributed by atoms with van der Waals surface area (Å²) in [5.41, 5.74) is 3.09. The first kappa shape index (κ1) is 15.9. The number of benzene rings is 1. The molecule has 0 saturated heterocycles. The van der Waals surface area contributed by atoms with Crippen LogP contribution in [0.4, 0.5) is 0 Å². The summed E-state index contributed by atoms with van der Waals surface area (Å²) in [4.78, 5) is 0. The van der Waals surface area contributed by atoms with E-state index < -0.39 is 0 Å². The maximum absolute atomic E-state index is 6.37. The van der Waals surface area contributed by atoms with Crippen LogP contribution in [-0.4, -0.2) is 16.9 Å². The van der Waals surface area contributed by atoms with Crippen LogP contribution in [0.3, 0.4) is 0 Å². The molecule has 5 heteroatoms. The van der Waals surface area contributed by atoms with Gasteiger partial charge >= 0.3 is 0 Å². The van der Waals surface area contributed by atoms with Crippen molar-refractivity contribution in [3.05, 3.63) is 46.2 Å². The molecule has 2 aromatic rings. The van der Waals surface area contributed by atoms with Gasteiger partial charge in [-0.2, -0.15) is 5.10 Å². The Morgan fingerprint density at radius 3 is 2.71 bits per heavy atom. The predicted octanol–water partition coefficient (Wildman–Crippen LogP) is 3.50. The zero-order valence-corrected chi connectivity index (χ0v) is 13.7. The second-order valence-corrected chi connectivity index (χ2v) is 5.41. The number of methoxy groups -OCH3 is 1. The number of hydrogen-bond acceptors (Lipinski definition) is 3. The molecule has 0 spiro atoms. The summed E-state index contributed by atoms with van der Waals surface area (Å²) >= 11 is 6.37. The number of aromatic nitrogens is 2. The van der Waals surface area contributed by atoms with Crippen LogP contribution in [0.5, 0.6) is 5.75 Å². The Hall–Kier alpha value is -1.52. The molecule has 0 aliphatic rings. The number of rotatable bonds is 6. The summed E-state index contributed by atoms with van der Waals surface area (Å²) < 4.78 is 7.25. The van der Waals surface area contributed by atoms with Crippen molar-refractivity contribution in [1.82, 2.24) is 15.1 Å². The molecule has 0 amide bonds. The van der Waals surface area contributed by atoms with Gasteiger partial charge in [0.25, 0.3) is 0 Å². The standard InChI is InChI=1S/C16H22ClN3O/c1-5-13-16(17)14(20(3)19-13)10-18-11(2)12-8-6-7-9-15(12)21-4/h6-9,11,18H,5,10H2,1-4H3/t11-/m1/s1. The highest BCUT2D eigenvalue weighted by molar-refractivity contribution is 6.31. The molecule has 2 rings (SSSR count). The Morgan fingerprint density at radius 2 is 2.10 bits per heavy atom. The van der Waals surface area contributed by atoms with E-state index in [0.29, 0.717) is 6.54 Å². The predicted molar refractivity (Wildman–Crippen MR) is 85.8 cm³/mol. The third-order valence-electron chi connectivity index (χ3n) is 3.68. The van der Waals surface area contributed by atoms with Crippen LogP contribution in [0, 0.1) is 0 Å². The first-order valence-electron chi connectivity index (χ1n) is 7.15. The lowest BCUT2D eigenvalue weighted by molar-refractivity contribution is 0.401. The summed E-state index contributed by atoms with van der Waals surface area (Å²) in [7, 11) is 3.62. The number of ether oxygens (including phenoxy) is 1. The highest BCUT2D eigenvalue weighted by atomic mass is 35.5. The normalized spacial score (nSPS) is 12.4. The van der Waals surface area contributed by atoms with Gasteiger partial charge in [-0.25, -0.2) is 0 Å². The van der Waals surface area contributed by atoms with Gasteiger partial charge in [-0.05, 0) is 19.4 Å². The van der Waals surface area contributed by atoms with Crippen molar-refractivity contribution in [1.29, 1.82) is 0 Å². The Labute approximate surface area is 131 Å². The minimum Gasteiger partial charge on any atom is -0.496 e. The maximum atomic E-state index is 6.37. The number of para-hydroxylation sites is 1. The van der Waals surface area contributed by atoms with Gasteiger partial charge in [-0.1, -0.05) is 36.7 Å². The molecular formula is C16H22ClN3O. The minimum atomic E-state index is 0.164. The quantitative estimate of drug-likeness (QED) is 0.888. The average Bonchev–Trinajstić information content (AvgIpc) is 2.78. The summed E-state index contributed by atoms with van der Waals surface area (Å²) in [6, 6.07) is 8.19. The summed E-state index contributed by atoms with van der Waals surface area (Å²) in [5, 5.41) is 8.68. The molecule has 21 heavy (non-hydrogen) atoms. The van der Waals surface area contributed by atoms with Gasteiger partial charge in [0.15, 0.2) is 0 Å². The molecule has 1 atom stereocenters. The van der Waals surface area contributed by atoms with E-state index in [1.165, 1.54) is 0 Å². The van der Waals surface area contributed by atoms with E-state index >= 15 is 0 Å². The van der Waals surface area contributed by atoms with E-state index in [1.807, 2.05) is 29.9 Å². The number of aryl methyl sites for hydroxylation is 2. The molecule has 0 saturated carbocycles. The van der Waals surface area contributed by atoms with E-state index in [1.54, 1.807) is 7.11 Å². The van der Waals surface area contributed by atoms with Gasteiger partial charge in [-0.15, -0.1) is 0 Å². The Bertz CT molecular complexity index is 610. The zero-order chi connectivity index (χ0) is 15.4. The number of halogens is 1. The first-order valence-corrected chi connectivity index (χ1v) is 7.52. The van der Waals surface area contributed by atoms with Crippen molar-refractivity contribution in [2.45, 2.75) is 32.9 Å². The summed E-state index contributed by atoms with van der Waals surface area (Å²) in [6.07, 6.45) is 0.842. The molecule has 1 heterocycles. The van der Waals surface area contributed by atoms with Crippen LogP contribution in [0.15, 0.2) is 24.3 Å². The number of nitrogens with zero attached hydrogens (tertiary/aromatic N) is 2. The summed E-state index contributed by atoms with van der Waals surface area (Å²) in [5.74, 6) is 0.892. The average molecular weight is 308 g/mol. The molecule has 0 unspecified atom stereocenters. The van der Waals surface area contributed by atoms with Crippen LogP contribution in [0.2, 0.25) is 5.02 Å². The van der Waals surface area contributed by atoms with Crippen LogP contribution < -0.4 is 10.1 Å². The maximum Gasteiger partial charge on any atom is 0.123 e. The fourth-order valence-electron chi connectivity index (χ4n) is 2.40. The van der Waals surface area contributed by atoms with Crippen molar-refractivity contribution < 1.29 is 4.74 Å². The van der Waals surface area contributed by atoms with Gasteiger partial charge in [0.05, 0.1) is 23.5 Å². The molecule has 1 aromatic heterocycles. The lowest BCUT2D eigenvalue weighted by Crippen LogP contribution is -2.20. The van der Waals surface area contributed by atoms with Crippen molar-refractivity contribution in [2.24, 2.45) is 7.05 Å². The fourth-order valence-corrected chi connectivity index (χ4v) is 2.76. The van der Waals surface area contributed by atoms with Crippen LogP contribution in [-0.2, 0) is 20.0 Å². The third-order valence-corrected chi connectivity index (χ3v) is 4.12. The largest absolute Gasteiger partial charge is 0.496 e. The smallest absolute Gasteiger partial charge is 0.123 e. The molecule has 0 aliphatic carbocycles. The van der Waals surface area contributed by atoms with E-state index in [-0.39, 0.29) is 6.04 Å². The Kier molecular flexibility index (Phi) is 5.26. The highest BCUT2D eigenvalue weighted by Crippen LogP contribution is 2.26. The van der Waals surface area contributed by atoms with Crippen LogP contribution in [0.25, 0.3) is 0 Å². The minimum absolute atomic E-state index is 0.164. The lowest BCUT2D eigenvalue weighted by Gasteiger charge is -2.17. The molecule has 0 radical (unpaired) electrons. The molecule has 0 fully saturated rings. The Morgan fingerprint density at radius 1 is 1.38 bits per heavy atom. The van der Waals surface area contributed by atoms with Gasteiger partial charge in [-0.3, -0.25) is 4.68 Å². The monoisotopic (exact) mass is 307 g/mol. The number of nitrogens with one attached hydrogen (secondary N) is 1. The van der Waals surface area contributed by atoms with Crippen LogP contribution >= 0.6 is 11.6 Å². The second kappa shape index (κ2) is 6.96. The van der Waals surface area contributed by atoms with Crippen molar-refractivity contribution in [3.63, 3.8) is 0 Å². The van der Waals surface area contributed by atoms with Gasteiger partial charge in [0.2, 0.25) is 0 Å². The van der Waals surface area contributed by atoms with Crippen molar-refractivity contribution in [3.8, 4) is 5.75 Å².